The molecule has 192 valence electrons. The van der Waals surface area contributed by atoms with Gasteiger partial charge in [-0.25, -0.2) is 0 Å². The maximum Gasteiger partial charge on any atom is 0.196 e. The lowest BCUT2D eigenvalue weighted by molar-refractivity contribution is 0.402. The van der Waals surface area contributed by atoms with E-state index in [2.05, 4.69) is 36.7 Å². The summed E-state index contributed by atoms with van der Waals surface area (Å²) in [6.45, 7) is 7.67. The first-order valence-electron chi connectivity index (χ1n) is 12.5. The predicted molar refractivity (Wildman–Crippen MR) is 156 cm³/mol. The molecular weight excluding hydrogens is 486 g/mol. The molecule has 0 saturated carbocycles. The van der Waals surface area contributed by atoms with Crippen molar-refractivity contribution in [2.24, 2.45) is 0 Å². The number of alkyl halides is 1. The van der Waals surface area contributed by atoms with Crippen molar-refractivity contribution in [2.75, 3.05) is 38.1 Å². The van der Waals surface area contributed by atoms with Crippen LogP contribution in [0.2, 0.25) is 0 Å². The highest BCUT2D eigenvalue weighted by Crippen LogP contribution is 2.34. The van der Waals surface area contributed by atoms with E-state index in [1.165, 1.54) is 0 Å². The van der Waals surface area contributed by atoms with Crippen LogP contribution in [-0.4, -0.2) is 43.1 Å². The minimum Gasteiger partial charge on any atom is -0.453 e. The van der Waals surface area contributed by atoms with Crippen LogP contribution in [0.5, 0.6) is 0 Å². The van der Waals surface area contributed by atoms with Gasteiger partial charge in [0, 0.05) is 29.3 Å². The van der Waals surface area contributed by atoms with Gasteiger partial charge in [-0.1, -0.05) is 51.1 Å². The molecule has 0 amide bonds. The van der Waals surface area contributed by atoms with Gasteiger partial charge in [0.15, 0.2) is 22.0 Å². The summed E-state index contributed by atoms with van der Waals surface area (Å²) in [5.41, 5.74) is 3.96. The topological polar surface area (TPSA) is 69.5 Å². The van der Waals surface area contributed by atoms with E-state index in [1.54, 1.807) is 24.3 Å². The third kappa shape index (κ3) is 4.49. The number of aromatic nitrogens is 1. The molecule has 0 radical (unpaired) electrons. The number of nitrogens with one attached hydrogen (secondary N) is 1. The van der Waals surface area contributed by atoms with Crippen LogP contribution >= 0.6 is 11.6 Å². The summed E-state index contributed by atoms with van der Waals surface area (Å²) >= 11 is 6.06. The molecule has 5 aromatic rings. The van der Waals surface area contributed by atoms with E-state index in [0.717, 1.165) is 17.5 Å². The number of fused-ring (bicyclic) bond motifs is 5. The van der Waals surface area contributed by atoms with E-state index >= 15 is 0 Å². The molecule has 0 atom stereocenters. The summed E-state index contributed by atoms with van der Waals surface area (Å²) in [4.78, 5) is 35.4. The van der Waals surface area contributed by atoms with Crippen molar-refractivity contribution in [3.8, 4) is 0 Å². The molecule has 0 bridgehead atoms. The Bertz CT molecular complexity index is 1760. The summed E-state index contributed by atoms with van der Waals surface area (Å²) in [7, 11) is 3.95. The van der Waals surface area contributed by atoms with Crippen molar-refractivity contribution in [1.29, 1.82) is 0 Å². The lowest BCUT2D eigenvalue weighted by atomic mass is 9.87. The van der Waals surface area contributed by atoms with Crippen LogP contribution in [0.3, 0.4) is 0 Å². The average molecular weight is 518 g/mol. The van der Waals surface area contributed by atoms with Gasteiger partial charge in [-0.05, 0) is 43.6 Å². The van der Waals surface area contributed by atoms with Crippen LogP contribution in [0, 0.1) is 0 Å². The summed E-state index contributed by atoms with van der Waals surface area (Å²) in [5, 5.41) is 1.60. The van der Waals surface area contributed by atoms with E-state index in [0.29, 0.717) is 63.0 Å². The minimum atomic E-state index is -0.184. The third-order valence-corrected chi connectivity index (χ3v) is 7.09. The smallest absolute Gasteiger partial charge is 0.196 e. The van der Waals surface area contributed by atoms with Gasteiger partial charge in [-0.3, -0.25) is 14.5 Å². The van der Waals surface area contributed by atoms with Crippen molar-refractivity contribution in [3.63, 3.8) is 0 Å². The minimum absolute atomic E-state index is 0.0458. The molecule has 0 saturated heterocycles. The summed E-state index contributed by atoms with van der Waals surface area (Å²) < 4.78 is 6.46. The van der Waals surface area contributed by atoms with E-state index in [4.69, 9.17) is 16.0 Å². The molecule has 0 aliphatic heterocycles. The molecule has 1 N–H and O–H groups in total. The van der Waals surface area contributed by atoms with E-state index in [9.17, 15) is 9.59 Å². The Morgan fingerprint density at radius 3 is 2.22 bits per heavy atom. The molecule has 0 spiro atoms. The molecule has 37 heavy (non-hydrogen) atoms. The Morgan fingerprint density at radius 2 is 1.59 bits per heavy atom. The number of hydrogen-bond donors (Lipinski definition) is 1. The van der Waals surface area contributed by atoms with Crippen LogP contribution in [-0.2, 0) is 5.41 Å². The number of anilines is 1. The normalized spacial score (nSPS) is 12.4. The maximum absolute atomic E-state index is 13.9. The number of nitrogens with zero attached hydrogens (tertiary/aromatic N) is 2. The molecule has 7 heteroatoms. The standard InChI is InChI=1S/C30H32ClN3O3/c1-30(2,3)18-11-12-21-23(15-18)37-24-16-22(34(14-8-13-31)17-33(4)5)25-26(27(24)32-21)29(36)20-10-7-6-9-19(20)28(25)35/h6-7,9-12,15-16,32H,8,13-14,17H2,1-5H3. The Kier molecular flexibility index (Phi) is 6.50. The second kappa shape index (κ2) is 9.51. The Labute approximate surface area is 220 Å². The highest BCUT2D eigenvalue weighted by Gasteiger charge is 2.23. The molecule has 0 aliphatic carbocycles. The zero-order valence-corrected chi connectivity index (χ0v) is 22.7. The van der Waals surface area contributed by atoms with E-state index in [1.807, 2.05) is 37.2 Å². The molecule has 1 aromatic heterocycles. The van der Waals surface area contributed by atoms with Gasteiger partial charge in [0.25, 0.3) is 0 Å². The van der Waals surface area contributed by atoms with Crippen molar-refractivity contribution in [3.05, 3.63) is 74.5 Å². The number of aromatic amines is 1. The third-order valence-electron chi connectivity index (χ3n) is 6.82. The summed E-state index contributed by atoms with van der Waals surface area (Å²) in [6, 6.07) is 15.0. The van der Waals surface area contributed by atoms with E-state index < -0.39 is 0 Å². The fourth-order valence-electron chi connectivity index (χ4n) is 4.99. The number of hydrogen-bond acceptors (Lipinski definition) is 5. The Balaban J connectivity index is 1.95. The molecule has 6 nitrogen and oxygen atoms in total. The molecule has 0 aliphatic rings. The zero-order valence-electron chi connectivity index (χ0n) is 21.9. The summed E-state index contributed by atoms with van der Waals surface area (Å²) in [6.07, 6.45) is 0.733. The fourth-order valence-corrected chi connectivity index (χ4v) is 5.11. The quantitative estimate of drug-likeness (QED) is 0.126. The number of H-pyrrole nitrogens is 1. The largest absolute Gasteiger partial charge is 0.453 e. The maximum atomic E-state index is 13.9. The lowest BCUT2D eigenvalue weighted by Crippen LogP contribution is -2.35. The number of rotatable bonds is 6. The van der Waals surface area contributed by atoms with Crippen molar-refractivity contribution in [1.82, 2.24) is 9.88 Å². The molecule has 5 rings (SSSR count). The summed E-state index contributed by atoms with van der Waals surface area (Å²) in [5.74, 6) is 0.494. The van der Waals surface area contributed by atoms with Crippen LogP contribution in [0.25, 0.3) is 43.7 Å². The second-order valence-corrected chi connectivity index (χ2v) is 11.3. The predicted octanol–water partition coefficient (Wildman–Crippen LogP) is 6.19. The van der Waals surface area contributed by atoms with E-state index in [-0.39, 0.29) is 16.3 Å². The van der Waals surface area contributed by atoms with Gasteiger partial charge >= 0.3 is 0 Å². The first-order chi connectivity index (χ1) is 17.6. The average Bonchev–Trinajstić information content (AvgIpc) is 2.86. The van der Waals surface area contributed by atoms with Crippen molar-refractivity contribution < 1.29 is 4.42 Å². The molecule has 0 fully saturated rings. The van der Waals surface area contributed by atoms with Gasteiger partial charge < -0.3 is 14.3 Å². The van der Waals surface area contributed by atoms with Crippen molar-refractivity contribution in [2.45, 2.75) is 32.6 Å². The first kappa shape index (κ1) is 25.3. The molecular formula is C30H32ClN3O3. The number of benzene rings is 4. The molecule has 0 unspecified atom stereocenters. The first-order valence-corrected chi connectivity index (χ1v) is 13.1. The highest BCUT2D eigenvalue weighted by molar-refractivity contribution is 6.18. The van der Waals surface area contributed by atoms with Gasteiger partial charge in [-0.2, -0.15) is 0 Å². The fraction of sp³-hybridized carbons (Fsp3) is 0.333. The second-order valence-electron chi connectivity index (χ2n) is 10.9. The SMILES string of the molecule is CN(C)CN(CCCCl)c1cc2oc3cc(C(C)(C)C)ccc3[nH]c2c2c(=O)c3ccccc3c(=O)c12. The van der Waals surface area contributed by atoms with Gasteiger partial charge in [0.2, 0.25) is 0 Å². The molecule has 4 aromatic carbocycles. The van der Waals surface area contributed by atoms with Gasteiger partial charge in [-0.15, -0.1) is 11.6 Å². The van der Waals surface area contributed by atoms with Gasteiger partial charge in [0.05, 0.1) is 34.2 Å². The highest BCUT2D eigenvalue weighted by atomic mass is 35.5. The number of halogens is 1. The van der Waals surface area contributed by atoms with Crippen LogP contribution in [0.1, 0.15) is 32.8 Å². The Hall–Kier alpha value is -3.35. The van der Waals surface area contributed by atoms with Crippen LogP contribution in [0.15, 0.2) is 62.5 Å². The zero-order chi connectivity index (χ0) is 26.5. The van der Waals surface area contributed by atoms with Crippen LogP contribution < -0.4 is 15.8 Å². The van der Waals surface area contributed by atoms with Crippen molar-refractivity contribution >= 4 is 61.0 Å². The monoisotopic (exact) mass is 517 g/mol. The Morgan fingerprint density at radius 1 is 0.919 bits per heavy atom. The molecule has 1 heterocycles. The van der Waals surface area contributed by atoms with Gasteiger partial charge in [0.1, 0.15) is 0 Å². The lowest BCUT2D eigenvalue weighted by Gasteiger charge is -2.29. The van der Waals surface area contributed by atoms with Crippen LogP contribution in [0.4, 0.5) is 5.69 Å².